The molecule has 2 N–H and O–H groups in total. The van der Waals surface area contributed by atoms with E-state index in [1.165, 1.54) is 0 Å². The molecule has 0 atom stereocenters. The van der Waals surface area contributed by atoms with Crippen LogP contribution in [0.25, 0.3) is 0 Å². The van der Waals surface area contributed by atoms with Crippen molar-refractivity contribution in [1.82, 2.24) is 0 Å². The van der Waals surface area contributed by atoms with Gasteiger partial charge in [-0.2, -0.15) is 0 Å². The second kappa shape index (κ2) is 9.30. The largest absolute Gasteiger partial charge is 0.463 e. The minimum absolute atomic E-state index is 0.0618. The molecule has 0 aliphatic heterocycles. The van der Waals surface area contributed by atoms with Crippen LogP contribution in [-0.2, 0) is 19.0 Å². The first-order valence-corrected chi connectivity index (χ1v) is 6.71. The Kier molecular flexibility index (Phi) is 7.96. The summed E-state index contributed by atoms with van der Waals surface area (Å²) in [7, 11) is 1.63. The summed E-state index contributed by atoms with van der Waals surface area (Å²) < 4.78 is 15.3. The molecule has 0 aromatic rings. The number of rotatable bonds is 8. The number of hydrogen-bond donors (Lipinski definition) is 1. The van der Waals surface area contributed by atoms with E-state index < -0.39 is 0 Å². The molecule has 0 unspecified atom stereocenters. The molecule has 0 heterocycles. The normalized spacial score (nSPS) is 23.9. The maximum Gasteiger partial charge on any atom is 0.309 e. The highest BCUT2D eigenvalue weighted by atomic mass is 16.6. The highest BCUT2D eigenvalue weighted by Crippen LogP contribution is 2.28. The molecule has 0 amide bonds. The van der Waals surface area contributed by atoms with Gasteiger partial charge in [0.25, 0.3) is 0 Å². The van der Waals surface area contributed by atoms with Crippen LogP contribution in [0.1, 0.15) is 25.7 Å². The van der Waals surface area contributed by atoms with Gasteiger partial charge in [0.05, 0.1) is 25.7 Å². The maximum absolute atomic E-state index is 11.7. The molecule has 1 rings (SSSR count). The molecule has 0 radical (unpaired) electrons. The van der Waals surface area contributed by atoms with Crippen LogP contribution < -0.4 is 5.73 Å². The van der Waals surface area contributed by atoms with Crippen molar-refractivity contribution in [3.05, 3.63) is 0 Å². The van der Waals surface area contributed by atoms with Gasteiger partial charge in [-0.1, -0.05) is 0 Å². The zero-order valence-corrected chi connectivity index (χ0v) is 11.2. The van der Waals surface area contributed by atoms with E-state index in [9.17, 15) is 4.79 Å². The molecule has 0 aromatic carbocycles. The fraction of sp³-hybridized carbons (Fsp3) is 0.923. The molecule has 0 aromatic heterocycles. The van der Waals surface area contributed by atoms with Crippen LogP contribution in [0.2, 0.25) is 0 Å². The van der Waals surface area contributed by atoms with Gasteiger partial charge >= 0.3 is 5.97 Å². The van der Waals surface area contributed by atoms with E-state index >= 15 is 0 Å². The summed E-state index contributed by atoms with van der Waals surface area (Å²) in [5, 5.41) is 0. The Morgan fingerprint density at radius 2 is 1.78 bits per heavy atom. The first-order chi connectivity index (χ1) is 8.77. The quantitative estimate of drug-likeness (QED) is 0.519. The van der Waals surface area contributed by atoms with Crippen molar-refractivity contribution in [2.75, 3.05) is 40.1 Å². The highest BCUT2D eigenvalue weighted by molar-refractivity contribution is 5.72. The second-order valence-electron chi connectivity index (χ2n) is 4.73. The number of carbonyl (C=O) groups excluding carboxylic acids is 1. The first kappa shape index (κ1) is 15.4. The van der Waals surface area contributed by atoms with E-state index in [0.29, 0.717) is 32.3 Å². The Labute approximate surface area is 109 Å². The Morgan fingerprint density at radius 3 is 2.39 bits per heavy atom. The fourth-order valence-electron chi connectivity index (χ4n) is 2.20. The van der Waals surface area contributed by atoms with Gasteiger partial charge in [-0.25, -0.2) is 0 Å². The van der Waals surface area contributed by atoms with E-state index in [1.54, 1.807) is 7.11 Å². The molecule has 0 bridgehead atoms. The van der Waals surface area contributed by atoms with Crippen molar-refractivity contribution in [1.29, 1.82) is 0 Å². The lowest BCUT2D eigenvalue weighted by Gasteiger charge is -2.26. The van der Waals surface area contributed by atoms with E-state index in [1.807, 2.05) is 0 Å². The predicted octanol–water partition coefficient (Wildman–Crippen LogP) is 0.958. The van der Waals surface area contributed by atoms with Crippen molar-refractivity contribution < 1.29 is 19.0 Å². The monoisotopic (exact) mass is 259 g/mol. The van der Waals surface area contributed by atoms with Crippen molar-refractivity contribution >= 4 is 5.97 Å². The van der Waals surface area contributed by atoms with Gasteiger partial charge in [-0.15, -0.1) is 0 Å². The third-order valence-corrected chi connectivity index (χ3v) is 3.42. The van der Waals surface area contributed by atoms with E-state index in [2.05, 4.69) is 0 Å². The Bertz CT molecular complexity index is 227. The fourth-order valence-corrected chi connectivity index (χ4v) is 2.20. The molecule has 1 aliphatic rings. The third-order valence-electron chi connectivity index (χ3n) is 3.42. The molecular weight excluding hydrogens is 234 g/mol. The number of nitrogens with two attached hydrogens (primary N) is 1. The van der Waals surface area contributed by atoms with E-state index in [4.69, 9.17) is 19.9 Å². The summed E-state index contributed by atoms with van der Waals surface area (Å²) >= 11 is 0. The van der Waals surface area contributed by atoms with Crippen LogP contribution in [0.3, 0.4) is 0 Å². The predicted molar refractivity (Wildman–Crippen MR) is 68.2 cm³/mol. The van der Waals surface area contributed by atoms with Gasteiger partial charge < -0.3 is 19.9 Å². The van der Waals surface area contributed by atoms with Gasteiger partial charge in [0.2, 0.25) is 0 Å². The van der Waals surface area contributed by atoms with Crippen molar-refractivity contribution in [2.45, 2.75) is 25.7 Å². The minimum Gasteiger partial charge on any atom is -0.463 e. The van der Waals surface area contributed by atoms with Gasteiger partial charge in [-0.05, 0) is 38.1 Å². The highest BCUT2D eigenvalue weighted by Gasteiger charge is 2.26. The number of ether oxygens (including phenoxy) is 3. The molecule has 1 fully saturated rings. The zero-order chi connectivity index (χ0) is 13.2. The van der Waals surface area contributed by atoms with Crippen LogP contribution in [0.4, 0.5) is 0 Å². The SMILES string of the molecule is COCCOCCOC(=O)C1CCC(CN)CC1. The second-order valence-corrected chi connectivity index (χ2v) is 4.73. The maximum atomic E-state index is 11.7. The average molecular weight is 259 g/mol. The molecular formula is C13H25NO4. The standard InChI is InChI=1S/C13H25NO4/c1-16-6-7-17-8-9-18-13(15)12-4-2-11(10-14)3-5-12/h11-12H,2-10,14H2,1H3. The van der Waals surface area contributed by atoms with Crippen molar-refractivity contribution in [3.8, 4) is 0 Å². The first-order valence-electron chi connectivity index (χ1n) is 6.71. The average Bonchev–Trinajstić information content (AvgIpc) is 2.42. The van der Waals surface area contributed by atoms with Crippen molar-refractivity contribution in [2.24, 2.45) is 17.6 Å². The molecule has 0 spiro atoms. The molecule has 5 heteroatoms. The number of hydrogen-bond acceptors (Lipinski definition) is 5. The Hall–Kier alpha value is -0.650. The van der Waals surface area contributed by atoms with Crippen LogP contribution in [0, 0.1) is 11.8 Å². The van der Waals surface area contributed by atoms with Gasteiger partial charge in [0.15, 0.2) is 0 Å². The smallest absolute Gasteiger partial charge is 0.309 e. The lowest BCUT2D eigenvalue weighted by molar-refractivity contribution is -0.151. The molecule has 5 nitrogen and oxygen atoms in total. The zero-order valence-electron chi connectivity index (χ0n) is 11.2. The minimum atomic E-state index is -0.0826. The third kappa shape index (κ3) is 5.80. The lowest BCUT2D eigenvalue weighted by Crippen LogP contribution is -2.27. The van der Waals surface area contributed by atoms with Crippen molar-refractivity contribution in [3.63, 3.8) is 0 Å². The van der Waals surface area contributed by atoms with Gasteiger partial charge in [0.1, 0.15) is 6.61 Å². The van der Waals surface area contributed by atoms with E-state index in [-0.39, 0.29) is 11.9 Å². The Morgan fingerprint density at radius 1 is 1.11 bits per heavy atom. The molecule has 1 aliphatic carbocycles. The number of esters is 1. The molecule has 18 heavy (non-hydrogen) atoms. The number of carbonyl (C=O) groups is 1. The van der Waals surface area contributed by atoms with E-state index in [0.717, 1.165) is 32.2 Å². The van der Waals surface area contributed by atoms with Crippen LogP contribution in [-0.4, -0.2) is 46.1 Å². The lowest BCUT2D eigenvalue weighted by atomic mass is 9.82. The summed E-state index contributed by atoms with van der Waals surface area (Å²) in [4.78, 5) is 11.7. The Balaban J connectivity index is 2.03. The summed E-state index contributed by atoms with van der Waals surface area (Å²) in [6.07, 6.45) is 3.90. The van der Waals surface area contributed by atoms with Crippen LogP contribution >= 0.6 is 0 Å². The summed E-state index contributed by atoms with van der Waals surface area (Å²) in [6, 6.07) is 0. The number of methoxy groups -OCH3 is 1. The van der Waals surface area contributed by atoms with Gasteiger partial charge in [-0.3, -0.25) is 4.79 Å². The summed E-state index contributed by atoms with van der Waals surface area (Å²) in [5.74, 6) is 0.569. The summed E-state index contributed by atoms with van der Waals surface area (Å²) in [6.45, 7) is 2.61. The van der Waals surface area contributed by atoms with Crippen LogP contribution in [0.15, 0.2) is 0 Å². The topological polar surface area (TPSA) is 70.8 Å². The van der Waals surface area contributed by atoms with Gasteiger partial charge in [0, 0.05) is 7.11 Å². The molecule has 0 saturated heterocycles. The molecule has 106 valence electrons. The molecule has 1 saturated carbocycles. The van der Waals surface area contributed by atoms with Crippen LogP contribution in [0.5, 0.6) is 0 Å². The summed E-state index contributed by atoms with van der Waals surface area (Å²) in [5.41, 5.74) is 5.62.